The van der Waals surface area contributed by atoms with Gasteiger partial charge in [0.15, 0.2) is 0 Å². The second-order valence-corrected chi connectivity index (χ2v) is 4.97. The molecular formula is C12H14Cl2N2O3. The molecule has 2 atom stereocenters. The van der Waals surface area contributed by atoms with Gasteiger partial charge in [-0.25, -0.2) is 0 Å². The Morgan fingerprint density at radius 2 is 1.63 bits per heavy atom. The molecule has 19 heavy (non-hydrogen) atoms. The minimum Gasteiger partial charge on any atom is -0.480 e. The topological polar surface area (TPSA) is 78.4 Å². The summed E-state index contributed by atoms with van der Waals surface area (Å²) in [6.07, 6.45) is 0. The van der Waals surface area contributed by atoms with E-state index < -0.39 is 24.0 Å². The Hall–Kier alpha value is -1.46. The Bertz CT molecular complexity index is 474. The summed E-state index contributed by atoms with van der Waals surface area (Å²) in [7, 11) is 0. The zero-order valence-corrected chi connectivity index (χ0v) is 11.9. The summed E-state index contributed by atoms with van der Waals surface area (Å²) >= 11 is 11.7. The van der Waals surface area contributed by atoms with Crippen LogP contribution in [0.4, 0.5) is 5.69 Å². The summed E-state index contributed by atoms with van der Waals surface area (Å²) < 4.78 is 0. The van der Waals surface area contributed by atoms with Gasteiger partial charge in [-0.2, -0.15) is 0 Å². The van der Waals surface area contributed by atoms with E-state index in [-0.39, 0.29) is 0 Å². The van der Waals surface area contributed by atoms with Crippen molar-refractivity contribution in [2.24, 2.45) is 0 Å². The molecule has 0 aliphatic carbocycles. The van der Waals surface area contributed by atoms with Crippen LogP contribution < -0.4 is 10.6 Å². The number of hydrogen-bond donors (Lipinski definition) is 3. The molecule has 5 nitrogen and oxygen atoms in total. The highest BCUT2D eigenvalue weighted by Crippen LogP contribution is 2.22. The van der Waals surface area contributed by atoms with Crippen molar-refractivity contribution in [2.45, 2.75) is 25.9 Å². The van der Waals surface area contributed by atoms with Gasteiger partial charge in [0, 0.05) is 15.7 Å². The first-order valence-corrected chi connectivity index (χ1v) is 6.31. The van der Waals surface area contributed by atoms with Gasteiger partial charge in [0.05, 0.1) is 0 Å². The van der Waals surface area contributed by atoms with Gasteiger partial charge in [-0.1, -0.05) is 23.2 Å². The monoisotopic (exact) mass is 304 g/mol. The Labute approximate surface area is 120 Å². The fraction of sp³-hybridized carbons (Fsp3) is 0.333. The predicted octanol–water partition coefficient (Wildman–Crippen LogP) is 2.38. The Kier molecular flexibility index (Phi) is 5.44. The molecular weight excluding hydrogens is 291 g/mol. The molecule has 0 radical (unpaired) electrons. The summed E-state index contributed by atoms with van der Waals surface area (Å²) in [5.74, 6) is -1.52. The van der Waals surface area contributed by atoms with Gasteiger partial charge in [0.25, 0.3) is 0 Å². The minimum absolute atomic E-state index is 0.425. The van der Waals surface area contributed by atoms with Crippen molar-refractivity contribution in [1.82, 2.24) is 5.32 Å². The number of anilines is 1. The molecule has 1 rings (SSSR count). The molecule has 1 aromatic carbocycles. The standard InChI is InChI=1S/C12H14Cl2N2O3/c1-6(11(17)16-7(2)12(18)19)15-10-4-8(13)3-9(14)5-10/h3-7,15H,1-2H3,(H,16,17)(H,18,19)/t6-,7-/m0/s1. The van der Waals surface area contributed by atoms with Crippen molar-refractivity contribution in [3.63, 3.8) is 0 Å². The third kappa shape index (κ3) is 4.96. The third-order valence-electron chi connectivity index (χ3n) is 2.37. The normalized spacial score (nSPS) is 13.5. The van der Waals surface area contributed by atoms with Crippen LogP contribution in [0.2, 0.25) is 10.0 Å². The summed E-state index contributed by atoms with van der Waals surface area (Å²) in [5, 5.41) is 14.9. The van der Waals surface area contributed by atoms with Gasteiger partial charge in [-0.15, -0.1) is 0 Å². The molecule has 7 heteroatoms. The average Bonchev–Trinajstić information content (AvgIpc) is 2.26. The van der Waals surface area contributed by atoms with Crippen LogP contribution in [0.25, 0.3) is 0 Å². The smallest absolute Gasteiger partial charge is 0.325 e. The molecule has 0 saturated carbocycles. The number of carbonyl (C=O) groups is 2. The summed E-state index contributed by atoms with van der Waals surface area (Å²) in [6, 6.07) is 3.26. The predicted molar refractivity (Wildman–Crippen MR) is 74.8 cm³/mol. The molecule has 0 fully saturated rings. The molecule has 0 spiro atoms. The molecule has 0 aliphatic heterocycles. The van der Waals surface area contributed by atoms with E-state index in [1.165, 1.54) is 6.92 Å². The SMILES string of the molecule is C[C@H](NC(=O)[C@H](C)Nc1cc(Cl)cc(Cl)c1)C(=O)O. The molecule has 3 N–H and O–H groups in total. The van der Waals surface area contributed by atoms with E-state index in [0.29, 0.717) is 15.7 Å². The second-order valence-electron chi connectivity index (χ2n) is 4.09. The number of carbonyl (C=O) groups excluding carboxylic acids is 1. The van der Waals surface area contributed by atoms with E-state index in [0.717, 1.165) is 0 Å². The first-order valence-electron chi connectivity index (χ1n) is 5.55. The number of carboxylic acid groups (broad SMARTS) is 1. The van der Waals surface area contributed by atoms with E-state index in [2.05, 4.69) is 10.6 Å². The van der Waals surface area contributed by atoms with Gasteiger partial charge in [0.2, 0.25) is 5.91 Å². The van der Waals surface area contributed by atoms with Crippen molar-refractivity contribution < 1.29 is 14.7 Å². The van der Waals surface area contributed by atoms with Crippen LogP contribution >= 0.6 is 23.2 Å². The number of amides is 1. The number of rotatable bonds is 5. The lowest BCUT2D eigenvalue weighted by Gasteiger charge is -2.17. The fourth-order valence-electron chi connectivity index (χ4n) is 1.35. The zero-order valence-electron chi connectivity index (χ0n) is 10.4. The number of halogens is 2. The van der Waals surface area contributed by atoms with Crippen molar-refractivity contribution in [1.29, 1.82) is 0 Å². The van der Waals surface area contributed by atoms with Crippen LogP contribution in [0, 0.1) is 0 Å². The van der Waals surface area contributed by atoms with Gasteiger partial charge >= 0.3 is 5.97 Å². The van der Waals surface area contributed by atoms with E-state index in [1.54, 1.807) is 25.1 Å². The van der Waals surface area contributed by atoms with Gasteiger partial charge in [0.1, 0.15) is 12.1 Å². The average molecular weight is 305 g/mol. The minimum atomic E-state index is -1.09. The van der Waals surface area contributed by atoms with Crippen LogP contribution in [-0.2, 0) is 9.59 Å². The molecule has 1 amide bonds. The first kappa shape index (κ1) is 15.6. The first-order chi connectivity index (χ1) is 8.79. The molecule has 1 aromatic rings. The van der Waals surface area contributed by atoms with Crippen molar-refractivity contribution >= 4 is 40.8 Å². The molecule has 0 bridgehead atoms. The van der Waals surface area contributed by atoms with Crippen molar-refractivity contribution in [3.8, 4) is 0 Å². The van der Waals surface area contributed by atoms with Crippen LogP contribution in [-0.4, -0.2) is 29.1 Å². The van der Waals surface area contributed by atoms with E-state index >= 15 is 0 Å². The van der Waals surface area contributed by atoms with Crippen molar-refractivity contribution in [3.05, 3.63) is 28.2 Å². The number of nitrogens with one attached hydrogen (secondary N) is 2. The summed E-state index contributed by atoms with van der Waals surface area (Å²) in [5.41, 5.74) is 0.586. The second kappa shape index (κ2) is 6.63. The van der Waals surface area contributed by atoms with Crippen LogP contribution in [0.3, 0.4) is 0 Å². The van der Waals surface area contributed by atoms with Gasteiger partial charge < -0.3 is 15.7 Å². The van der Waals surface area contributed by atoms with E-state index in [4.69, 9.17) is 28.3 Å². The number of hydrogen-bond acceptors (Lipinski definition) is 3. The van der Waals surface area contributed by atoms with E-state index in [9.17, 15) is 9.59 Å². The molecule has 0 unspecified atom stereocenters. The fourth-order valence-corrected chi connectivity index (χ4v) is 1.88. The number of aliphatic carboxylic acids is 1. The maximum absolute atomic E-state index is 11.7. The lowest BCUT2D eigenvalue weighted by Crippen LogP contribution is -2.45. The Morgan fingerprint density at radius 1 is 1.11 bits per heavy atom. The third-order valence-corrected chi connectivity index (χ3v) is 2.80. The molecule has 0 aromatic heterocycles. The highest BCUT2D eigenvalue weighted by atomic mass is 35.5. The highest BCUT2D eigenvalue weighted by molar-refractivity contribution is 6.35. The quantitative estimate of drug-likeness (QED) is 0.780. The van der Waals surface area contributed by atoms with E-state index in [1.807, 2.05) is 0 Å². The maximum atomic E-state index is 11.7. The lowest BCUT2D eigenvalue weighted by molar-refractivity contribution is -0.141. The summed E-state index contributed by atoms with van der Waals surface area (Å²) in [6.45, 7) is 3.00. The number of benzene rings is 1. The van der Waals surface area contributed by atoms with Gasteiger partial charge in [-0.3, -0.25) is 9.59 Å². The molecule has 0 heterocycles. The van der Waals surface area contributed by atoms with Crippen molar-refractivity contribution in [2.75, 3.05) is 5.32 Å². The highest BCUT2D eigenvalue weighted by Gasteiger charge is 2.18. The molecule has 0 saturated heterocycles. The van der Waals surface area contributed by atoms with Crippen LogP contribution in [0.5, 0.6) is 0 Å². The molecule has 0 aliphatic rings. The van der Waals surface area contributed by atoms with Crippen LogP contribution in [0.1, 0.15) is 13.8 Å². The molecule has 104 valence electrons. The number of carboxylic acids is 1. The zero-order chi connectivity index (χ0) is 14.6. The lowest BCUT2D eigenvalue weighted by atomic mass is 10.2. The maximum Gasteiger partial charge on any atom is 0.325 e. The van der Waals surface area contributed by atoms with Gasteiger partial charge in [-0.05, 0) is 32.0 Å². The Morgan fingerprint density at radius 3 is 2.11 bits per heavy atom. The Balaban J connectivity index is 2.66. The summed E-state index contributed by atoms with van der Waals surface area (Å²) in [4.78, 5) is 22.4. The van der Waals surface area contributed by atoms with Crippen LogP contribution in [0.15, 0.2) is 18.2 Å². The largest absolute Gasteiger partial charge is 0.480 e.